The highest BCUT2D eigenvalue weighted by atomic mass is 32.2. The Balaban J connectivity index is 1.68. The fourth-order valence-corrected chi connectivity index (χ4v) is 5.26. The number of anilines is 1. The second kappa shape index (κ2) is 6.79. The van der Waals surface area contributed by atoms with E-state index in [0.717, 1.165) is 19.5 Å². The lowest BCUT2D eigenvalue weighted by atomic mass is 10.1. The van der Waals surface area contributed by atoms with Crippen molar-refractivity contribution in [2.75, 3.05) is 29.5 Å². The summed E-state index contributed by atoms with van der Waals surface area (Å²) in [7, 11) is -2.83. The van der Waals surface area contributed by atoms with E-state index in [1.807, 2.05) is 6.07 Å². The summed E-state index contributed by atoms with van der Waals surface area (Å²) in [6.45, 7) is 6.69. The van der Waals surface area contributed by atoms with Crippen LogP contribution < -0.4 is 10.2 Å². The van der Waals surface area contributed by atoms with Gasteiger partial charge in [-0.3, -0.25) is 0 Å². The molecule has 0 aromatic heterocycles. The molecule has 1 aromatic carbocycles. The predicted octanol–water partition coefficient (Wildman–Crippen LogP) is 1.58. The third kappa shape index (κ3) is 4.25. The van der Waals surface area contributed by atoms with Crippen LogP contribution in [0.3, 0.4) is 0 Å². The molecule has 2 aliphatic rings. The van der Waals surface area contributed by atoms with E-state index in [2.05, 4.69) is 42.3 Å². The number of para-hydroxylation sites is 1. The first-order valence-electron chi connectivity index (χ1n) is 8.35. The van der Waals surface area contributed by atoms with Gasteiger partial charge < -0.3 is 15.0 Å². The second-order valence-electron chi connectivity index (χ2n) is 6.77. The first kappa shape index (κ1) is 16.7. The van der Waals surface area contributed by atoms with E-state index in [4.69, 9.17) is 4.74 Å². The van der Waals surface area contributed by atoms with Gasteiger partial charge in [0, 0.05) is 31.4 Å². The van der Waals surface area contributed by atoms with Crippen molar-refractivity contribution in [2.45, 2.75) is 45.1 Å². The number of ether oxygens (including phenoxy) is 1. The number of hydrogen-bond acceptors (Lipinski definition) is 5. The van der Waals surface area contributed by atoms with Gasteiger partial charge in [0.2, 0.25) is 0 Å². The lowest BCUT2D eigenvalue weighted by Gasteiger charge is -2.38. The van der Waals surface area contributed by atoms with Crippen LogP contribution in [-0.2, 0) is 21.1 Å². The minimum absolute atomic E-state index is 0.0793. The van der Waals surface area contributed by atoms with Gasteiger partial charge in [-0.05, 0) is 31.9 Å². The van der Waals surface area contributed by atoms with Gasteiger partial charge in [-0.1, -0.05) is 18.2 Å². The van der Waals surface area contributed by atoms with E-state index < -0.39 is 9.84 Å². The summed E-state index contributed by atoms with van der Waals surface area (Å²) in [4.78, 5) is 2.38. The Hall–Kier alpha value is -1.11. The predicted molar refractivity (Wildman–Crippen MR) is 92.6 cm³/mol. The van der Waals surface area contributed by atoms with E-state index >= 15 is 0 Å². The van der Waals surface area contributed by atoms with Crippen molar-refractivity contribution in [2.24, 2.45) is 0 Å². The summed E-state index contributed by atoms with van der Waals surface area (Å²) >= 11 is 0. The molecule has 0 saturated carbocycles. The van der Waals surface area contributed by atoms with E-state index in [1.54, 1.807) is 0 Å². The Morgan fingerprint density at radius 1 is 1.22 bits per heavy atom. The summed E-state index contributed by atoms with van der Waals surface area (Å²) < 4.78 is 29.0. The van der Waals surface area contributed by atoms with Crippen molar-refractivity contribution < 1.29 is 13.2 Å². The Morgan fingerprint density at radius 2 is 1.91 bits per heavy atom. The number of nitrogens with one attached hydrogen (secondary N) is 1. The molecule has 0 spiro atoms. The lowest BCUT2D eigenvalue weighted by molar-refractivity contribution is -0.00526. The zero-order valence-corrected chi connectivity index (χ0v) is 14.7. The molecule has 1 aromatic rings. The molecular formula is C17H26N2O3S. The maximum absolute atomic E-state index is 11.6. The Labute approximate surface area is 138 Å². The van der Waals surface area contributed by atoms with Crippen molar-refractivity contribution in [3.05, 3.63) is 29.8 Å². The van der Waals surface area contributed by atoms with Gasteiger partial charge in [-0.2, -0.15) is 0 Å². The molecule has 0 radical (unpaired) electrons. The van der Waals surface area contributed by atoms with Crippen LogP contribution in [-0.4, -0.2) is 51.3 Å². The SMILES string of the molecule is CC1CN(c2ccccc2CNC2CCS(=O)(=O)C2)CC(C)O1. The Morgan fingerprint density at radius 3 is 2.57 bits per heavy atom. The second-order valence-corrected chi connectivity index (χ2v) is 9.00. The summed E-state index contributed by atoms with van der Waals surface area (Å²) in [6.07, 6.45) is 1.16. The van der Waals surface area contributed by atoms with Crippen molar-refractivity contribution in [3.63, 3.8) is 0 Å². The van der Waals surface area contributed by atoms with Crippen molar-refractivity contribution in [3.8, 4) is 0 Å². The van der Waals surface area contributed by atoms with Gasteiger partial charge in [0.25, 0.3) is 0 Å². The highest BCUT2D eigenvalue weighted by Crippen LogP contribution is 2.25. The number of morpholine rings is 1. The van der Waals surface area contributed by atoms with E-state index in [-0.39, 0.29) is 24.0 Å². The van der Waals surface area contributed by atoms with Gasteiger partial charge in [0.05, 0.1) is 23.7 Å². The van der Waals surface area contributed by atoms with Crippen molar-refractivity contribution in [1.82, 2.24) is 5.32 Å². The van der Waals surface area contributed by atoms with Crippen LogP contribution in [0.5, 0.6) is 0 Å². The molecule has 0 bridgehead atoms. The van der Waals surface area contributed by atoms with Gasteiger partial charge in [-0.25, -0.2) is 8.42 Å². The summed E-state index contributed by atoms with van der Waals surface area (Å²) in [5.74, 6) is 0.575. The quantitative estimate of drug-likeness (QED) is 0.903. The summed E-state index contributed by atoms with van der Waals surface area (Å²) in [5, 5.41) is 3.42. The normalized spacial score (nSPS) is 30.5. The molecule has 3 atom stereocenters. The Bertz CT molecular complexity index is 637. The van der Waals surface area contributed by atoms with Gasteiger partial charge >= 0.3 is 0 Å². The molecule has 2 aliphatic heterocycles. The molecule has 3 unspecified atom stereocenters. The molecule has 0 aliphatic carbocycles. The van der Waals surface area contributed by atoms with Gasteiger partial charge in [-0.15, -0.1) is 0 Å². The average molecular weight is 338 g/mol. The van der Waals surface area contributed by atoms with E-state index in [0.29, 0.717) is 12.3 Å². The number of hydrogen-bond donors (Lipinski definition) is 1. The number of nitrogens with zero attached hydrogens (tertiary/aromatic N) is 1. The molecular weight excluding hydrogens is 312 g/mol. The molecule has 2 heterocycles. The molecule has 3 rings (SSSR count). The van der Waals surface area contributed by atoms with Gasteiger partial charge in [0.1, 0.15) is 0 Å². The molecule has 6 heteroatoms. The first-order chi connectivity index (χ1) is 10.9. The average Bonchev–Trinajstić information content (AvgIpc) is 2.84. The lowest BCUT2D eigenvalue weighted by Crippen LogP contribution is -2.46. The third-order valence-electron chi connectivity index (χ3n) is 4.57. The molecule has 0 amide bonds. The van der Waals surface area contributed by atoms with Crippen LogP contribution in [0.15, 0.2) is 24.3 Å². The molecule has 1 N–H and O–H groups in total. The van der Waals surface area contributed by atoms with Crippen LogP contribution in [0.1, 0.15) is 25.8 Å². The number of benzene rings is 1. The minimum Gasteiger partial charge on any atom is -0.372 e. The van der Waals surface area contributed by atoms with E-state index in [1.165, 1.54) is 11.3 Å². The van der Waals surface area contributed by atoms with Crippen molar-refractivity contribution in [1.29, 1.82) is 0 Å². The van der Waals surface area contributed by atoms with Gasteiger partial charge in [0.15, 0.2) is 9.84 Å². The Kier molecular flexibility index (Phi) is 4.94. The number of rotatable bonds is 4. The van der Waals surface area contributed by atoms with Crippen LogP contribution in [0.2, 0.25) is 0 Å². The molecule has 5 nitrogen and oxygen atoms in total. The first-order valence-corrected chi connectivity index (χ1v) is 10.2. The van der Waals surface area contributed by atoms with Crippen LogP contribution in [0, 0.1) is 0 Å². The van der Waals surface area contributed by atoms with Crippen LogP contribution >= 0.6 is 0 Å². The highest BCUT2D eigenvalue weighted by molar-refractivity contribution is 7.91. The summed E-state index contributed by atoms with van der Waals surface area (Å²) in [5.41, 5.74) is 2.45. The molecule has 2 saturated heterocycles. The smallest absolute Gasteiger partial charge is 0.151 e. The van der Waals surface area contributed by atoms with Crippen LogP contribution in [0.4, 0.5) is 5.69 Å². The zero-order chi connectivity index (χ0) is 16.4. The zero-order valence-electron chi connectivity index (χ0n) is 13.9. The fourth-order valence-electron chi connectivity index (χ4n) is 3.55. The number of sulfone groups is 1. The van der Waals surface area contributed by atoms with E-state index in [9.17, 15) is 8.42 Å². The molecule has 128 valence electrons. The topological polar surface area (TPSA) is 58.6 Å². The maximum atomic E-state index is 11.6. The molecule has 2 fully saturated rings. The standard InChI is InChI=1S/C17H26N2O3S/c1-13-10-19(11-14(2)22-13)17-6-4-3-5-15(17)9-18-16-7-8-23(20,21)12-16/h3-6,13-14,16,18H,7-12H2,1-2H3. The maximum Gasteiger partial charge on any atom is 0.151 e. The monoisotopic (exact) mass is 338 g/mol. The summed E-state index contributed by atoms with van der Waals surface area (Å²) in [6, 6.07) is 8.45. The van der Waals surface area contributed by atoms with Crippen LogP contribution in [0.25, 0.3) is 0 Å². The third-order valence-corrected chi connectivity index (χ3v) is 6.33. The highest BCUT2D eigenvalue weighted by Gasteiger charge is 2.28. The van der Waals surface area contributed by atoms with Crippen molar-refractivity contribution >= 4 is 15.5 Å². The minimum atomic E-state index is -2.83. The largest absolute Gasteiger partial charge is 0.372 e. The fraction of sp³-hybridized carbons (Fsp3) is 0.647. The molecule has 23 heavy (non-hydrogen) atoms.